The first-order valence-electron chi connectivity index (χ1n) is 4.07. The minimum absolute atomic E-state index is 0.0902. The van der Waals surface area contributed by atoms with Gasteiger partial charge in [0.05, 0.1) is 6.61 Å². The summed E-state index contributed by atoms with van der Waals surface area (Å²) in [6.07, 6.45) is 0. The van der Waals surface area contributed by atoms with Crippen LogP contribution < -0.4 is 4.72 Å². The fourth-order valence-electron chi connectivity index (χ4n) is 0.874. The van der Waals surface area contributed by atoms with Gasteiger partial charge in [0.25, 0.3) is 0 Å². The number of aliphatic hydroxyl groups excluding tert-OH is 1. The lowest BCUT2D eigenvalue weighted by Gasteiger charge is -2.05. The molecule has 0 atom stereocenters. The maximum Gasteiger partial charge on any atom is 0.0682 e. The first-order chi connectivity index (χ1) is 6.27. The lowest BCUT2D eigenvalue weighted by molar-refractivity contribution is 0.281. The van der Waals surface area contributed by atoms with Gasteiger partial charge in [-0.15, -0.1) is 0 Å². The van der Waals surface area contributed by atoms with Crippen molar-refractivity contribution in [3.05, 3.63) is 28.2 Å². The molecule has 0 radical (unpaired) electrons. The van der Waals surface area contributed by atoms with Gasteiger partial charge in [0, 0.05) is 15.9 Å². The molecule has 2 N–H and O–H groups in total. The molecule has 0 unspecified atom stereocenters. The van der Waals surface area contributed by atoms with Crippen molar-refractivity contribution in [2.75, 3.05) is 6.54 Å². The van der Waals surface area contributed by atoms with E-state index >= 15 is 0 Å². The molecule has 0 heterocycles. The molecule has 2 nitrogen and oxygen atoms in total. The Morgan fingerprint density at radius 2 is 2.31 bits per heavy atom. The first kappa shape index (κ1) is 11.0. The number of rotatable bonds is 4. The molecule has 1 aromatic rings. The molecule has 0 bridgehead atoms. The van der Waals surface area contributed by atoms with Crippen molar-refractivity contribution in [1.82, 2.24) is 4.72 Å². The number of nitrogens with one attached hydrogen (secondary N) is 1. The second-order valence-electron chi connectivity index (χ2n) is 2.52. The summed E-state index contributed by atoms with van der Waals surface area (Å²) in [6, 6.07) is 5.82. The average molecular weight is 262 g/mol. The van der Waals surface area contributed by atoms with E-state index in [1.165, 1.54) is 0 Å². The zero-order chi connectivity index (χ0) is 9.68. The van der Waals surface area contributed by atoms with Crippen LogP contribution in [0.15, 0.2) is 27.6 Å². The highest BCUT2D eigenvalue weighted by Gasteiger charge is 2.01. The zero-order valence-corrected chi connectivity index (χ0v) is 9.78. The highest BCUT2D eigenvalue weighted by Crippen LogP contribution is 2.26. The van der Waals surface area contributed by atoms with Crippen molar-refractivity contribution < 1.29 is 5.11 Å². The largest absolute Gasteiger partial charge is 0.392 e. The van der Waals surface area contributed by atoms with E-state index in [2.05, 4.69) is 27.6 Å². The summed E-state index contributed by atoms with van der Waals surface area (Å²) in [7, 11) is 0. The quantitative estimate of drug-likeness (QED) is 0.818. The van der Waals surface area contributed by atoms with Gasteiger partial charge >= 0.3 is 0 Å². The normalized spacial score (nSPS) is 10.4. The third kappa shape index (κ3) is 3.31. The summed E-state index contributed by atoms with van der Waals surface area (Å²) < 4.78 is 4.21. The molecule has 0 saturated carbocycles. The highest BCUT2D eigenvalue weighted by atomic mass is 79.9. The van der Waals surface area contributed by atoms with Gasteiger partial charge in [0.1, 0.15) is 0 Å². The molecule has 72 valence electrons. The second-order valence-corrected chi connectivity index (χ2v) is 4.31. The predicted octanol–water partition coefficient (Wildman–Crippen LogP) is 2.56. The minimum atomic E-state index is 0.0902. The van der Waals surface area contributed by atoms with Crippen molar-refractivity contribution in [3.63, 3.8) is 0 Å². The van der Waals surface area contributed by atoms with Gasteiger partial charge in [-0.1, -0.05) is 13.0 Å². The van der Waals surface area contributed by atoms with Crippen LogP contribution in [-0.2, 0) is 6.61 Å². The number of hydrogen-bond acceptors (Lipinski definition) is 3. The summed E-state index contributed by atoms with van der Waals surface area (Å²) in [5.41, 5.74) is 0.934. The summed E-state index contributed by atoms with van der Waals surface area (Å²) in [6.45, 7) is 3.06. The van der Waals surface area contributed by atoms with Gasteiger partial charge in [0.2, 0.25) is 0 Å². The molecular formula is C9H12BrNOS. The smallest absolute Gasteiger partial charge is 0.0682 e. The van der Waals surface area contributed by atoms with Crippen LogP contribution in [0.5, 0.6) is 0 Å². The average Bonchev–Trinajstić information content (AvgIpc) is 2.17. The van der Waals surface area contributed by atoms with Crippen molar-refractivity contribution in [3.8, 4) is 0 Å². The Kier molecular flexibility index (Phi) is 4.80. The minimum Gasteiger partial charge on any atom is -0.392 e. The van der Waals surface area contributed by atoms with Crippen LogP contribution in [0.3, 0.4) is 0 Å². The summed E-state index contributed by atoms with van der Waals surface area (Å²) in [5, 5.41) is 8.93. The Morgan fingerprint density at radius 1 is 1.54 bits per heavy atom. The van der Waals surface area contributed by atoms with Crippen LogP contribution in [0.2, 0.25) is 0 Å². The molecule has 0 amide bonds. The molecule has 0 aliphatic heterocycles. The summed E-state index contributed by atoms with van der Waals surface area (Å²) in [5.74, 6) is 0. The molecule has 0 saturated heterocycles. The van der Waals surface area contributed by atoms with E-state index < -0.39 is 0 Å². The van der Waals surface area contributed by atoms with Crippen LogP contribution >= 0.6 is 27.9 Å². The van der Waals surface area contributed by atoms with Crippen LogP contribution in [-0.4, -0.2) is 11.7 Å². The van der Waals surface area contributed by atoms with Gasteiger partial charge in [0.15, 0.2) is 0 Å². The first-order valence-corrected chi connectivity index (χ1v) is 5.68. The molecule has 1 rings (SSSR count). The molecule has 0 aliphatic carbocycles. The standard InChI is InChI=1S/C9H12BrNOS/c1-2-11-13-9-5-7(6-12)3-4-8(9)10/h3-5,11-12H,2,6H2,1H3. The predicted molar refractivity (Wildman–Crippen MR) is 59.6 cm³/mol. The number of halogens is 1. The highest BCUT2D eigenvalue weighted by molar-refractivity contribution is 9.10. The Labute approximate surface area is 91.0 Å². The maximum atomic E-state index is 8.93. The van der Waals surface area contributed by atoms with Crippen LogP contribution in [0.4, 0.5) is 0 Å². The molecule has 13 heavy (non-hydrogen) atoms. The van der Waals surface area contributed by atoms with E-state index in [-0.39, 0.29) is 6.61 Å². The van der Waals surface area contributed by atoms with E-state index in [1.807, 2.05) is 18.2 Å². The van der Waals surface area contributed by atoms with Gasteiger partial charge < -0.3 is 5.11 Å². The van der Waals surface area contributed by atoms with Crippen LogP contribution in [0.1, 0.15) is 12.5 Å². The van der Waals surface area contributed by atoms with Crippen LogP contribution in [0.25, 0.3) is 0 Å². The molecule has 0 fully saturated rings. The number of aliphatic hydroxyl groups is 1. The van der Waals surface area contributed by atoms with Crippen molar-refractivity contribution in [1.29, 1.82) is 0 Å². The van der Waals surface area contributed by atoms with E-state index in [4.69, 9.17) is 5.11 Å². The van der Waals surface area contributed by atoms with Gasteiger partial charge in [-0.25, -0.2) is 0 Å². The van der Waals surface area contributed by atoms with Gasteiger partial charge in [-0.3, -0.25) is 4.72 Å². The monoisotopic (exact) mass is 261 g/mol. The Bertz CT molecular complexity index is 280. The van der Waals surface area contributed by atoms with Crippen molar-refractivity contribution >= 4 is 27.9 Å². The molecule has 0 aliphatic rings. The van der Waals surface area contributed by atoms with E-state index in [0.717, 1.165) is 21.5 Å². The van der Waals surface area contributed by atoms with Crippen molar-refractivity contribution in [2.45, 2.75) is 18.4 Å². The topological polar surface area (TPSA) is 32.3 Å². The molecule has 4 heteroatoms. The van der Waals surface area contributed by atoms with E-state index in [1.54, 1.807) is 11.9 Å². The fraction of sp³-hybridized carbons (Fsp3) is 0.333. The number of hydrogen-bond donors (Lipinski definition) is 2. The Morgan fingerprint density at radius 3 is 2.92 bits per heavy atom. The van der Waals surface area contributed by atoms with Gasteiger partial charge in [-0.05, 0) is 45.6 Å². The Hall–Kier alpha value is -0.0300. The van der Waals surface area contributed by atoms with E-state index in [9.17, 15) is 0 Å². The number of benzene rings is 1. The van der Waals surface area contributed by atoms with Crippen molar-refractivity contribution in [2.24, 2.45) is 0 Å². The summed E-state index contributed by atoms with van der Waals surface area (Å²) in [4.78, 5) is 1.11. The molecular weight excluding hydrogens is 250 g/mol. The van der Waals surface area contributed by atoms with Gasteiger partial charge in [-0.2, -0.15) is 0 Å². The third-order valence-corrected chi connectivity index (χ3v) is 3.45. The maximum absolute atomic E-state index is 8.93. The van der Waals surface area contributed by atoms with Crippen LogP contribution in [0, 0.1) is 0 Å². The summed E-state index contributed by atoms with van der Waals surface area (Å²) >= 11 is 5.02. The lowest BCUT2D eigenvalue weighted by Crippen LogP contribution is -2.00. The van der Waals surface area contributed by atoms with E-state index in [0.29, 0.717) is 0 Å². The molecule has 0 spiro atoms. The fourth-order valence-corrected chi connectivity index (χ4v) is 2.04. The molecule has 0 aromatic heterocycles. The molecule has 1 aromatic carbocycles. The SMILES string of the molecule is CCNSc1cc(CO)ccc1Br. The second kappa shape index (κ2) is 5.65. The lowest BCUT2D eigenvalue weighted by atomic mass is 10.2. The third-order valence-electron chi connectivity index (χ3n) is 1.50. The zero-order valence-electron chi connectivity index (χ0n) is 7.38. The Balaban J connectivity index is 2.78.